The molecule has 1 N–H and O–H groups in total. The quantitative estimate of drug-likeness (QED) is 0.436. The van der Waals surface area contributed by atoms with E-state index in [1.165, 1.54) is 13.0 Å². The summed E-state index contributed by atoms with van der Waals surface area (Å²) in [6.45, 7) is 3.00. The van der Waals surface area contributed by atoms with Gasteiger partial charge in [-0.3, -0.25) is 9.59 Å². The summed E-state index contributed by atoms with van der Waals surface area (Å²) in [6.07, 6.45) is 2.87. The van der Waals surface area contributed by atoms with Crippen LogP contribution in [-0.4, -0.2) is 24.3 Å². The predicted molar refractivity (Wildman–Crippen MR) is 104 cm³/mol. The number of amides is 1. The van der Waals surface area contributed by atoms with Crippen molar-refractivity contribution in [2.75, 3.05) is 11.9 Å². The van der Waals surface area contributed by atoms with E-state index in [9.17, 15) is 14.4 Å². The summed E-state index contributed by atoms with van der Waals surface area (Å²) in [7, 11) is 0. The number of nitrogens with one attached hydrogen (secondary N) is 1. The molecule has 0 aromatic heterocycles. The average Bonchev–Trinajstić information content (AvgIpc) is 2.59. The summed E-state index contributed by atoms with van der Waals surface area (Å²) >= 11 is 3.42. The first-order chi connectivity index (χ1) is 12.3. The molecule has 0 unspecified atom stereocenters. The molecule has 1 amide bonds. The van der Waals surface area contributed by atoms with Gasteiger partial charge in [-0.2, -0.15) is 0 Å². The third-order valence-corrected chi connectivity index (χ3v) is 4.14. The van der Waals surface area contributed by atoms with Gasteiger partial charge in [0, 0.05) is 21.8 Å². The molecule has 0 bridgehead atoms. The first-order valence-electron chi connectivity index (χ1n) is 7.87. The summed E-state index contributed by atoms with van der Waals surface area (Å²) in [5.41, 5.74) is 2.89. The third-order valence-electron chi connectivity index (χ3n) is 3.45. The summed E-state index contributed by atoms with van der Waals surface area (Å²) in [5, 5.41) is 2.58. The molecular weight excluding hydrogens is 398 g/mol. The van der Waals surface area contributed by atoms with Gasteiger partial charge in [-0.15, -0.1) is 0 Å². The summed E-state index contributed by atoms with van der Waals surface area (Å²) in [4.78, 5) is 34.9. The van der Waals surface area contributed by atoms with Crippen molar-refractivity contribution < 1.29 is 19.1 Å². The summed E-state index contributed by atoms with van der Waals surface area (Å²) in [5.74, 6) is -1.20. The van der Waals surface area contributed by atoms with Gasteiger partial charge >= 0.3 is 5.97 Å². The van der Waals surface area contributed by atoms with Crippen LogP contribution in [0.4, 0.5) is 5.69 Å². The third kappa shape index (κ3) is 5.97. The van der Waals surface area contributed by atoms with Crippen molar-refractivity contribution in [1.82, 2.24) is 0 Å². The highest BCUT2D eigenvalue weighted by molar-refractivity contribution is 9.10. The van der Waals surface area contributed by atoms with Gasteiger partial charge in [-0.1, -0.05) is 40.2 Å². The van der Waals surface area contributed by atoms with Crippen LogP contribution in [0.1, 0.15) is 28.4 Å². The monoisotopic (exact) mass is 415 g/mol. The molecule has 5 nitrogen and oxygen atoms in total. The number of rotatable bonds is 6. The van der Waals surface area contributed by atoms with E-state index in [0.29, 0.717) is 11.3 Å². The van der Waals surface area contributed by atoms with Crippen molar-refractivity contribution in [3.63, 3.8) is 0 Å². The maximum atomic E-state index is 11.9. The van der Waals surface area contributed by atoms with Gasteiger partial charge < -0.3 is 10.1 Å². The Labute approximate surface area is 160 Å². The molecule has 0 aliphatic carbocycles. The number of carbonyl (C=O) groups is 3. The van der Waals surface area contributed by atoms with Crippen LogP contribution in [0.2, 0.25) is 0 Å². The predicted octanol–water partition coefficient (Wildman–Crippen LogP) is 4.16. The van der Waals surface area contributed by atoms with Crippen LogP contribution in [0.5, 0.6) is 0 Å². The lowest BCUT2D eigenvalue weighted by molar-refractivity contribution is -0.142. The Balaban J connectivity index is 1.86. The van der Waals surface area contributed by atoms with Gasteiger partial charge in [-0.25, -0.2) is 4.79 Å². The maximum absolute atomic E-state index is 11.9. The van der Waals surface area contributed by atoms with E-state index < -0.39 is 18.5 Å². The normalized spacial score (nSPS) is 10.6. The van der Waals surface area contributed by atoms with Crippen LogP contribution in [0, 0.1) is 6.92 Å². The second-order valence-electron chi connectivity index (χ2n) is 5.65. The van der Waals surface area contributed by atoms with Crippen LogP contribution in [-0.2, 0) is 14.3 Å². The molecule has 0 aliphatic heterocycles. The molecule has 0 fully saturated rings. The molecule has 0 radical (unpaired) electrons. The number of carbonyl (C=O) groups excluding carboxylic acids is 3. The van der Waals surface area contributed by atoms with E-state index in [2.05, 4.69) is 21.2 Å². The van der Waals surface area contributed by atoms with Crippen LogP contribution >= 0.6 is 15.9 Å². The Morgan fingerprint density at radius 3 is 2.62 bits per heavy atom. The van der Waals surface area contributed by atoms with E-state index >= 15 is 0 Å². The summed E-state index contributed by atoms with van der Waals surface area (Å²) in [6, 6.07) is 12.3. The molecule has 0 atom stereocenters. The second kappa shape index (κ2) is 9.10. The van der Waals surface area contributed by atoms with E-state index in [1.54, 1.807) is 30.3 Å². The fourth-order valence-corrected chi connectivity index (χ4v) is 2.75. The van der Waals surface area contributed by atoms with Crippen molar-refractivity contribution in [3.8, 4) is 0 Å². The zero-order valence-corrected chi connectivity index (χ0v) is 16.0. The highest BCUT2D eigenvalue weighted by atomic mass is 79.9. The van der Waals surface area contributed by atoms with E-state index in [-0.39, 0.29) is 5.78 Å². The number of ether oxygens (including phenoxy) is 1. The molecule has 0 heterocycles. The largest absolute Gasteiger partial charge is 0.452 e. The van der Waals surface area contributed by atoms with Crippen LogP contribution < -0.4 is 5.32 Å². The fourth-order valence-electron chi connectivity index (χ4n) is 2.12. The topological polar surface area (TPSA) is 72.5 Å². The van der Waals surface area contributed by atoms with Crippen LogP contribution in [0.25, 0.3) is 6.08 Å². The molecule has 2 aromatic carbocycles. The number of anilines is 1. The zero-order valence-electron chi connectivity index (χ0n) is 14.4. The smallest absolute Gasteiger partial charge is 0.331 e. The Kier molecular flexibility index (Phi) is 6.86. The lowest BCUT2D eigenvalue weighted by Crippen LogP contribution is -2.20. The van der Waals surface area contributed by atoms with Crippen molar-refractivity contribution in [3.05, 3.63) is 69.7 Å². The zero-order chi connectivity index (χ0) is 19.1. The molecule has 6 heteroatoms. The van der Waals surface area contributed by atoms with E-state index in [4.69, 9.17) is 4.74 Å². The molecule has 134 valence electrons. The Morgan fingerprint density at radius 2 is 1.92 bits per heavy atom. The second-order valence-corrected chi connectivity index (χ2v) is 6.51. The highest BCUT2D eigenvalue weighted by Gasteiger charge is 2.07. The van der Waals surface area contributed by atoms with Crippen molar-refractivity contribution in [2.24, 2.45) is 0 Å². The molecular formula is C20H18BrNO4. The molecule has 0 spiro atoms. The fraction of sp³-hybridized carbons (Fsp3) is 0.150. The summed E-state index contributed by atoms with van der Waals surface area (Å²) < 4.78 is 5.78. The molecule has 2 aromatic rings. The van der Waals surface area contributed by atoms with E-state index in [0.717, 1.165) is 15.6 Å². The van der Waals surface area contributed by atoms with Gasteiger partial charge in [0.25, 0.3) is 5.91 Å². The number of benzene rings is 2. The van der Waals surface area contributed by atoms with E-state index in [1.807, 2.05) is 25.1 Å². The van der Waals surface area contributed by atoms with Crippen LogP contribution in [0.15, 0.2) is 53.0 Å². The first kappa shape index (κ1) is 19.6. The van der Waals surface area contributed by atoms with Gasteiger partial charge in [0.2, 0.25) is 0 Å². The minimum absolute atomic E-state index is 0.0973. The number of aryl methyl sites for hydroxylation is 1. The standard InChI is InChI=1S/C20H18BrNO4/c1-13-6-7-15(18(21)10-13)8-9-20(25)26-12-19(24)22-17-5-3-4-16(11-17)14(2)23/h3-11H,12H2,1-2H3,(H,22,24)/b9-8+. The first-order valence-corrected chi connectivity index (χ1v) is 8.66. The molecule has 0 aliphatic rings. The number of esters is 1. The van der Waals surface area contributed by atoms with Gasteiger partial charge in [0.15, 0.2) is 12.4 Å². The molecule has 26 heavy (non-hydrogen) atoms. The molecule has 0 saturated heterocycles. The number of Topliss-reactive ketones (excluding diaryl/α,β-unsaturated/α-hetero) is 1. The number of ketones is 1. The highest BCUT2D eigenvalue weighted by Crippen LogP contribution is 2.19. The minimum atomic E-state index is -0.620. The van der Waals surface area contributed by atoms with Crippen molar-refractivity contribution >= 4 is 45.4 Å². The molecule has 0 saturated carbocycles. The maximum Gasteiger partial charge on any atom is 0.331 e. The van der Waals surface area contributed by atoms with Gasteiger partial charge in [0.1, 0.15) is 0 Å². The Bertz CT molecular complexity index is 874. The number of halogens is 1. The minimum Gasteiger partial charge on any atom is -0.452 e. The molecule has 2 rings (SSSR count). The lowest BCUT2D eigenvalue weighted by Gasteiger charge is -2.06. The SMILES string of the molecule is CC(=O)c1cccc(NC(=O)COC(=O)/C=C/c2ccc(C)cc2Br)c1. The lowest BCUT2D eigenvalue weighted by atomic mass is 10.1. The van der Waals surface area contributed by atoms with Crippen molar-refractivity contribution in [1.29, 1.82) is 0 Å². The number of hydrogen-bond donors (Lipinski definition) is 1. The van der Waals surface area contributed by atoms with Crippen LogP contribution in [0.3, 0.4) is 0 Å². The van der Waals surface area contributed by atoms with Gasteiger partial charge in [-0.05, 0) is 49.2 Å². The van der Waals surface area contributed by atoms with Gasteiger partial charge in [0.05, 0.1) is 0 Å². The Morgan fingerprint density at radius 1 is 1.15 bits per heavy atom. The average molecular weight is 416 g/mol. The Hall–Kier alpha value is -2.73. The van der Waals surface area contributed by atoms with Crippen molar-refractivity contribution in [2.45, 2.75) is 13.8 Å². The number of hydrogen-bond acceptors (Lipinski definition) is 4.